The normalized spacial score (nSPS) is 11.4. The van der Waals surface area contributed by atoms with Crippen molar-refractivity contribution < 1.29 is 17.9 Å². The van der Waals surface area contributed by atoms with Crippen molar-refractivity contribution in [2.45, 2.75) is 12.7 Å². The highest BCUT2D eigenvalue weighted by Gasteiger charge is 2.28. The van der Waals surface area contributed by atoms with Crippen molar-refractivity contribution in [3.8, 4) is 5.75 Å². The molecule has 0 bridgehead atoms. The summed E-state index contributed by atoms with van der Waals surface area (Å²) in [7, 11) is 0. The van der Waals surface area contributed by atoms with Gasteiger partial charge in [0.25, 0.3) is 0 Å². The average molecular weight is 306 g/mol. The molecule has 1 aromatic carbocycles. The van der Waals surface area contributed by atoms with Crippen LogP contribution in [0.2, 0.25) is 5.02 Å². The monoisotopic (exact) mass is 305 g/mol. The third-order valence-electron chi connectivity index (χ3n) is 2.33. The first kappa shape index (κ1) is 14.5. The second-order valence-corrected chi connectivity index (χ2v) is 4.37. The predicted octanol–water partition coefficient (Wildman–Crippen LogP) is 3.62. The fourth-order valence-corrected chi connectivity index (χ4v) is 1.67. The van der Waals surface area contributed by atoms with Gasteiger partial charge >= 0.3 is 6.18 Å². The van der Waals surface area contributed by atoms with E-state index in [0.29, 0.717) is 23.1 Å². The number of hydrogen-bond acceptors (Lipinski definition) is 3. The SMILES string of the molecule is FC(F)(F)COc1ccc(Cl)cc1NCc1ncc[nH]1. The number of hydrogen-bond donors (Lipinski definition) is 2. The molecule has 0 aliphatic heterocycles. The molecule has 4 nitrogen and oxygen atoms in total. The van der Waals surface area contributed by atoms with Crippen molar-refractivity contribution >= 4 is 17.3 Å². The predicted molar refractivity (Wildman–Crippen MR) is 68.9 cm³/mol. The lowest BCUT2D eigenvalue weighted by Crippen LogP contribution is -2.19. The Morgan fingerprint density at radius 1 is 1.35 bits per heavy atom. The summed E-state index contributed by atoms with van der Waals surface area (Å²) < 4.78 is 41.3. The number of benzene rings is 1. The largest absolute Gasteiger partial charge is 0.482 e. The standard InChI is InChI=1S/C12H11ClF3N3O/c13-8-1-2-10(20-7-12(14,15)16)9(5-8)19-6-11-17-3-4-18-11/h1-5,19H,6-7H2,(H,17,18). The van der Waals surface area contributed by atoms with Crippen molar-refractivity contribution in [2.24, 2.45) is 0 Å². The fraction of sp³-hybridized carbons (Fsp3) is 0.250. The molecule has 0 unspecified atom stereocenters. The van der Waals surface area contributed by atoms with E-state index < -0.39 is 12.8 Å². The lowest BCUT2D eigenvalue weighted by Gasteiger charge is -2.14. The van der Waals surface area contributed by atoms with Gasteiger partial charge in [0.05, 0.1) is 12.2 Å². The van der Waals surface area contributed by atoms with E-state index in [2.05, 4.69) is 15.3 Å². The molecule has 20 heavy (non-hydrogen) atoms. The second-order valence-electron chi connectivity index (χ2n) is 3.93. The number of anilines is 1. The molecule has 2 rings (SSSR count). The van der Waals surface area contributed by atoms with Crippen LogP contribution >= 0.6 is 11.6 Å². The maximum Gasteiger partial charge on any atom is 0.422 e. The highest BCUT2D eigenvalue weighted by Crippen LogP contribution is 2.29. The molecular weight excluding hydrogens is 295 g/mol. The van der Waals surface area contributed by atoms with Gasteiger partial charge in [0.15, 0.2) is 6.61 Å². The maximum absolute atomic E-state index is 12.2. The van der Waals surface area contributed by atoms with E-state index in [0.717, 1.165) is 0 Å². The zero-order chi connectivity index (χ0) is 14.6. The number of halogens is 4. The lowest BCUT2D eigenvalue weighted by molar-refractivity contribution is -0.153. The number of alkyl halides is 3. The lowest BCUT2D eigenvalue weighted by atomic mass is 10.3. The summed E-state index contributed by atoms with van der Waals surface area (Å²) in [6.07, 6.45) is -1.16. The molecule has 0 fully saturated rings. The van der Waals surface area contributed by atoms with Crippen LogP contribution in [0.1, 0.15) is 5.82 Å². The number of imidazole rings is 1. The first-order valence-electron chi connectivity index (χ1n) is 5.65. The van der Waals surface area contributed by atoms with Crippen LogP contribution in [0.5, 0.6) is 5.75 Å². The minimum atomic E-state index is -4.39. The van der Waals surface area contributed by atoms with Gasteiger partial charge < -0.3 is 15.0 Å². The molecule has 0 radical (unpaired) electrons. The molecule has 1 aromatic heterocycles. The molecule has 1 heterocycles. The first-order valence-corrected chi connectivity index (χ1v) is 6.03. The number of aromatic amines is 1. The van der Waals surface area contributed by atoms with Crippen molar-refractivity contribution in [1.29, 1.82) is 0 Å². The zero-order valence-corrected chi connectivity index (χ0v) is 10.9. The minimum Gasteiger partial charge on any atom is -0.482 e. The van der Waals surface area contributed by atoms with Crippen LogP contribution in [-0.2, 0) is 6.54 Å². The molecule has 0 saturated heterocycles. The molecule has 8 heteroatoms. The topological polar surface area (TPSA) is 49.9 Å². The summed E-state index contributed by atoms with van der Waals surface area (Å²) in [5, 5.41) is 3.32. The van der Waals surface area contributed by atoms with Gasteiger partial charge in [0, 0.05) is 17.4 Å². The number of aromatic nitrogens is 2. The van der Waals surface area contributed by atoms with Crippen molar-refractivity contribution in [3.05, 3.63) is 41.4 Å². The summed E-state index contributed by atoms with van der Waals surface area (Å²) in [5.41, 5.74) is 0.373. The summed E-state index contributed by atoms with van der Waals surface area (Å²) in [6.45, 7) is -1.04. The summed E-state index contributed by atoms with van der Waals surface area (Å²) in [5.74, 6) is 0.727. The van der Waals surface area contributed by atoms with Gasteiger partial charge in [-0.1, -0.05) is 11.6 Å². The van der Waals surface area contributed by atoms with Crippen LogP contribution < -0.4 is 10.1 Å². The Balaban J connectivity index is 2.07. The summed E-state index contributed by atoms with van der Waals surface area (Å²) in [6, 6.07) is 4.35. The third kappa shape index (κ3) is 4.34. The Kier molecular flexibility index (Phi) is 4.39. The number of ether oxygens (including phenoxy) is 1. The molecule has 0 spiro atoms. The number of H-pyrrole nitrogens is 1. The molecule has 0 atom stereocenters. The van der Waals surface area contributed by atoms with Crippen molar-refractivity contribution in [1.82, 2.24) is 9.97 Å². The van der Waals surface area contributed by atoms with Gasteiger partial charge in [-0.15, -0.1) is 0 Å². The van der Waals surface area contributed by atoms with Gasteiger partial charge in [0.2, 0.25) is 0 Å². The molecule has 0 aliphatic carbocycles. The van der Waals surface area contributed by atoms with Crippen molar-refractivity contribution in [2.75, 3.05) is 11.9 Å². The Hall–Kier alpha value is -1.89. The molecular formula is C12H11ClF3N3O. The van der Waals surface area contributed by atoms with E-state index in [1.54, 1.807) is 12.4 Å². The van der Waals surface area contributed by atoms with Crippen molar-refractivity contribution in [3.63, 3.8) is 0 Å². The van der Waals surface area contributed by atoms with E-state index in [9.17, 15) is 13.2 Å². The fourth-order valence-electron chi connectivity index (χ4n) is 1.50. The van der Waals surface area contributed by atoms with Gasteiger partial charge in [-0.3, -0.25) is 0 Å². The minimum absolute atomic E-state index is 0.0817. The van der Waals surface area contributed by atoms with E-state index in [-0.39, 0.29) is 5.75 Å². The van der Waals surface area contributed by atoms with E-state index >= 15 is 0 Å². The quantitative estimate of drug-likeness (QED) is 0.887. The highest BCUT2D eigenvalue weighted by atomic mass is 35.5. The Morgan fingerprint density at radius 2 is 2.15 bits per heavy atom. The van der Waals surface area contributed by atoms with E-state index in [1.165, 1.54) is 18.2 Å². The van der Waals surface area contributed by atoms with Crippen LogP contribution in [0.4, 0.5) is 18.9 Å². The summed E-state index contributed by atoms with van der Waals surface area (Å²) >= 11 is 5.83. The Bertz CT molecular complexity index is 558. The maximum atomic E-state index is 12.2. The molecule has 0 saturated carbocycles. The van der Waals surface area contributed by atoms with Crippen LogP contribution in [0.3, 0.4) is 0 Å². The number of nitrogens with zero attached hydrogens (tertiary/aromatic N) is 1. The molecule has 2 N–H and O–H groups in total. The van der Waals surface area contributed by atoms with Crippen LogP contribution in [0.15, 0.2) is 30.6 Å². The second kappa shape index (κ2) is 6.04. The van der Waals surface area contributed by atoms with Gasteiger partial charge in [-0.05, 0) is 18.2 Å². The number of nitrogens with one attached hydrogen (secondary N) is 2. The Labute approximate surface area is 117 Å². The first-order chi connectivity index (χ1) is 9.44. The van der Waals surface area contributed by atoms with Gasteiger partial charge in [-0.25, -0.2) is 4.98 Å². The van der Waals surface area contributed by atoms with Crippen LogP contribution in [-0.4, -0.2) is 22.8 Å². The third-order valence-corrected chi connectivity index (χ3v) is 2.57. The van der Waals surface area contributed by atoms with Gasteiger partial charge in [-0.2, -0.15) is 13.2 Å². The summed E-state index contributed by atoms with van der Waals surface area (Å²) in [4.78, 5) is 6.87. The van der Waals surface area contributed by atoms with Crippen LogP contribution in [0.25, 0.3) is 0 Å². The zero-order valence-electron chi connectivity index (χ0n) is 10.2. The molecule has 0 amide bonds. The smallest absolute Gasteiger partial charge is 0.422 e. The average Bonchev–Trinajstić information content (AvgIpc) is 2.87. The van der Waals surface area contributed by atoms with Gasteiger partial charge in [0.1, 0.15) is 11.6 Å². The molecule has 108 valence electrons. The van der Waals surface area contributed by atoms with Crippen LogP contribution in [0, 0.1) is 0 Å². The Morgan fingerprint density at radius 3 is 2.80 bits per heavy atom. The highest BCUT2D eigenvalue weighted by molar-refractivity contribution is 6.30. The van der Waals surface area contributed by atoms with E-state index in [1.807, 2.05) is 0 Å². The number of rotatable bonds is 5. The molecule has 0 aliphatic rings. The molecule has 2 aromatic rings. The van der Waals surface area contributed by atoms with E-state index in [4.69, 9.17) is 16.3 Å².